The van der Waals surface area contributed by atoms with E-state index in [0.29, 0.717) is 5.56 Å². The van der Waals surface area contributed by atoms with E-state index in [2.05, 4.69) is 9.71 Å². The number of hydrogen-bond donors (Lipinski definition) is 2. The van der Waals surface area contributed by atoms with Crippen LogP contribution in [-0.4, -0.2) is 24.5 Å². The lowest BCUT2D eigenvalue weighted by Crippen LogP contribution is -2.14. The zero-order chi connectivity index (χ0) is 15.8. The Morgan fingerprint density at radius 3 is 2.62 bits per heavy atom. The zero-order valence-corrected chi connectivity index (χ0v) is 12.6. The second-order valence-electron chi connectivity index (χ2n) is 4.24. The van der Waals surface area contributed by atoms with Gasteiger partial charge in [0.05, 0.1) is 5.69 Å². The second kappa shape index (κ2) is 5.38. The van der Waals surface area contributed by atoms with Gasteiger partial charge in [0, 0.05) is 12.3 Å². The molecule has 0 aliphatic carbocycles. The molecule has 0 radical (unpaired) electrons. The van der Waals surface area contributed by atoms with Crippen molar-refractivity contribution >= 4 is 33.3 Å². The van der Waals surface area contributed by atoms with Gasteiger partial charge in [0.1, 0.15) is 10.7 Å². The first kappa shape index (κ1) is 15.3. The van der Waals surface area contributed by atoms with Crippen molar-refractivity contribution in [3.8, 4) is 0 Å². The fraction of sp³-hybridized carbons (Fsp3) is 0.167. The van der Waals surface area contributed by atoms with Gasteiger partial charge in [-0.15, -0.1) is 0 Å². The standard InChI is InChI=1S/C12H11ClN2O5S/c1-6-3-4-14-11(13)10(6)15-21(18,19)9-5-8(12(16)17)20-7(9)2/h3-5,15H,1-2H3,(H,16,17). The van der Waals surface area contributed by atoms with Crippen LogP contribution in [0.25, 0.3) is 0 Å². The molecule has 112 valence electrons. The van der Waals surface area contributed by atoms with E-state index in [1.54, 1.807) is 13.0 Å². The molecule has 9 heteroatoms. The molecular weight excluding hydrogens is 320 g/mol. The third kappa shape index (κ3) is 3.01. The Hall–Kier alpha value is -2.06. The number of carboxylic acids is 1. The number of carboxylic acid groups (broad SMARTS) is 1. The summed E-state index contributed by atoms with van der Waals surface area (Å²) in [5, 5.41) is 8.82. The summed E-state index contributed by atoms with van der Waals surface area (Å²) in [5.41, 5.74) is 0.717. The molecule has 0 aliphatic rings. The maximum absolute atomic E-state index is 12.3. The highest BCUT2D eigenvalue weighted by Crippen LogP contribution is 2.28. The van der Waals surface area contributed by atoms with Crippen LogP contribution in [0.4, 0.5) is 5.69 Å². The Morgan fingerprint density at radius 1 is 1.43 bits per heavy atom. The van der Waals surface area contributed by atoms with Crippen LogP contribution in [0, 0.1) is 13.8 Å². The molecule has 0 atom stereocenters. The van der Waals surface area contributed by atoms with Gasteiger partial charge in [0.2, 0.25) is 5.76 Å². The number of hydrogen-bond acceptors (Lipinski definition) is 5. The molecular formula is C12H11ClN2O5S. The molecule has 21 heavy (non-hydrogen) atoms. The van der Waals surface area contributed by atoms with E-state index in [4.69, 9.17) is 21.1 Å². The van der Waals surface area contributed by atoms with Gasteiger partial charge in [0.15, 0.2) is 5.15 Å². The average Bonchev–Trinajstić information content (AvgIpc) is 2.77. The molecule has 2 rings (SSSR count). The van der Waals surface area contributed by atoms with Crippen LogP contribution in [0.15, 0.2) is 27.6 Å². The van der Waals surface area contributed by atoms with Gasteiger partial charge in [0.25, 0.3) is 10.0 Å². The third-order valence-corrected chi connectivity index (χ3v) is 4.47. The van der Waals surface area contributed by atoms with Gasteiger partial charge < -0.3 is 9.52 Å². The predicted octanol–water partition coefficient (Wildman–Crippen LogP) is 2.44. The van der Waals surface area contributed by atoms with E-state index in [1.807, 2.05) is 0 Å². The maximum Gasteiger partial charge on any atom is 0.371 e. The lowest BCUT2D eigenvalue weighted by atomic mass is 10.3. The van der Waals surface area contributed by atoms with Gasteiger partial charge in [-0.1, -0.05) is 11.6 Å². The molecule has 2 aromatic heterocycles. The van der Waals surface area contributed by atoms with Crippen molar-refractivity contribution in [3.63, 3.8) is 0 Å². The zero-order valence-electron chi connectivity index (χ0n) is 11.0. The molecule has 2 heterocycles. The Bertz CT molecular complexity index is 793. The van der Waals surface area contributed by atoms with E-state index in [-0.39, 0.29) is 21.5 Å². The van der Waals surface area contributed by atoms with Crippen molar-refractivity contribution < 1.29 is 22.7 Å². The Kier molecular flexibility index (Phi) is 3.93. The molecule has 0 aromatic carbocycles. The average molecular weight is 331 g/mol. The number of aromatic carboxylic acids is 1. The number of nitrogens with zero attached hydrogens (tertiary/aromatic N) is 1. The fourth-order valence-corrected chi connectivity index (χ4v) is 3.30. The first-order valence-corrected chi connectivity index (χ1v) is 7.56. The van der Waals surface area contributed by atoms with Crippen molar-refractivity contribution in [1.82, 2.24) is 4.98 Å². The van der Waals surface area contributed by atoms with E-state index >= 15 is 0 Å². The largest absolute Gasteiger partial charge is 0.475 e. The smallest absolute Gasteiger partial charge is 0.371 e. The lowest BCUT2D eigenvalue weighted by molar-refractivity contribution is 0.0661. The van der Waals surface area contributed by atoms with Crippen molar-refractivity contribution in [2.45, 2.75) is 18.7 Å². The van der Waals surface area contributed by atoms with E-state index in [1.165, 1.54) is 13.1 Å². The number of halogens is 1. The first-order chi connectivity index (χ1) is 9.72. The summed E-state index contributed by atoms with van der Waals surface area (Å²) in [6.07, 6.45) is 1.45. The minimum atomic E-state index is -4.03. The summed E-state index contributed by atoms with van der Waals surface area (Å²) in [4.78, 5) is 14.3. The topological polar surface area (TPSA) is 110 Å². The summed E-state index contributed by atoms with van der Waals surface area (Å²) in [5.74, 6) is -1.84. The molecule has 7 nitrogen and oxygen atoms in total. The van der Waals surface area contributed by atoms with Crippen molar-refractivity contribution in [1.29, 1.82) is 0 Å². The van der Waals surface area contributed by atoms with Crippen LogP contribution in [0.2, 0.25) is 5.15 Å². The first-order valence-electron chi connectivity index (χ1n) is 5.70. The molecule has 0 aliphatic heterocycles. The van der Waals surface area contributed by atoms with Gasteiger partial charge >= 0.3 is 5.97 Å². The third-order valence-electron chi connectivity index (χ3n) is 2.72. The van der Waals surface area contributed by atoms with Crippen molar-refractivity contribution in [2.24, 2.45) is 0 Å². The van der Waals surface area contributed by atoms with E-state index in [9.17, 15) is 13.2 Å². The van der Waals surface area contributed by atoms with Crippen LogP contribution in [0.3, 0.4) is 0 Å². The number of nitrogens with one attached hydrogen (secondary N) is 1. The number of aryl methyl sites for hydroxylation is 2. The highest BCUT2D eigenvalue weighted by molar-refractivity contribution is 7.92. The highest BCUT2D eigenvalue weighted by Gasteiger charge is 2.25. The number of sulfonamides is 1. The summed E-state index contributed by atoms with van der Waals surface area (Å²) >= 11 is 5.86. The van der Waals surface area contributed by atoms with E-state index in [0.717, 1.165) is 6.07 Å². The quantitative estimate of drug-likeness (QED) is 0.833. The molecule has 0 saturated carbocycles. The second-order valence-corrected chi connectivity index (χ2v) is 6.24. The van der Waals surface area contributed by atoms with Crippen LogP contribution >= 0.6 is 11.6 Å². The number of aromatic nitrogens is 1. The fourth-order valence-electron chi connectivity index (χ4n) is 1.67. The Balaban J connectivity index is 2.46. The summed E-state index contributed by atoms with van der Waals surface area (Å²) in [7, 11) is -4.03. The number of pyridine rings is 1. The minimum Gasteiger partial charge on any atom is -0.475 e. The van der Waals surface area contributed by atoms with Gasteiger partial charge in [-0.25, -0.2) is 18.2 Å². The van der Waals surface area contributed by atoms with Crippen LogP contribution in [-0.2, 0) is 10.0 Å². The minimum absolute atomic E-state index is 0.00168. The highest BCUT2D eigenvalue weighted by atomic mass is 35.5. The summed E-state index contributed by atoms with van der Waals surface area (Å²) in [6.45, 7) is 3.02. The number of anilines is 1. The van der Waals surface area contributed by atoms with Crippen molar-refractivity contribution in [3.05, 3.63) is 40.6 Å². The lowest BCUT2D eigenvalue weighted by Gasteiger charge is -2.10. The molecule has 2 N–H and O–H groups in total. The van der Waals surface area contributed by atoms with Gasteiger partial charge in [-0.3, -0.25) is 4.72 Å². The molecule has 0 unspecified atom stereocenters. The summed E-state index contributed by atoms with van der Waals surface area (Å²) in [6, 6.07) is 2.54. The van der Waals surface area contributed by atoms with Crippen LogP contribution < -0.4 is 4.72 Å². The number of carbonyl (C=O) groups is 1. The molecule has 0 fully saturated rings. The monoisotopic (exact) mass is 330 g/mol. The van der Waals surface area contributed by atoms with E-state index < -0.39 is 21.8 Å². The van der Waals surface area contributed by atoms with Gasteiger partial charge in [-0.2, -0.15) is 0 Å². The number of rotatable bonds is 4. The Labute approximate surface area is 125 Å². The van der Waals surface area contributed by atoms with Gasteiger partial charge in [-0.05, 0) is 25.5 Å². The van der Waals surface area contributed by atoms with Crippen molar-refractivity contribution in [2.75, 3.05) is 4.72 Å². The van der Waals surface area contributed by atoms with Crippen LogP contribution in [0.5, 0.6) is 0 Å². The normalized spacial score (nSPS) is 11.4. The molecule has 0 saturated heterocycles. The SMILES string of the molecule is Cc1ccnc(Cl)c1NS(=O)(=O)c1cc(C(=O)O)oc1C. The molecule has 2 aromatic rings. The predicted molar refractivity (Wildman–Crippen MR) is 75.2 cm³/mol. The molecule has 0 spiro atoms. The number of furan rings is 1. The summed E-state index contributed by atoms with van der Waals surface area (Å²) < 4.78 is 31.8. The molecule has 0 bridgehead atoms. The Morgan fingerprint density at radius 2 is 2.10 bits per heavy atom. The molecule has 0 amide bonds. The van der Waals surface area contributed by atoms with Crippen LogP contribution in [0.1, 0.15) is 21.9 Å². The maximum atomic E-state index is 12.3.